The lowest BCUT2D eigenvalue weighted by Gasteiger charge is -2.10. The molecule has 0 bridgehead atoms. The summed E-state index contributed by atoms with van der Waals surface area (Å²) in [6, 6.07) is 5.69. The third-order valence-electron chi connectivity index (χ3n) is 2.30. The van der Waals surface area contributed by atoms with Crippen LogP contribution in [0.15, 0.2) is 30.6 Å². The highest BCUT2D eigenvalue weighted by atomic mass is 16.5. The zero-order chi connectivity index (χ0) is 11.5. The summed E-state index contributed by atoms with van der Waals surface area (Å²) >= 11 is 0. The molecule has 4 nitrogen and oxygen atoms in total. The Labute approximate surface area is 94.6 Å². The van der Waals surface area contributed by atoms with Crippen LogP contribution in [0.2, 0.25) is 0 Å². The highest BCUT2D eigenvalue weighted by Crippen LogP contribution is 2.27. The Morgan fingerprint density at radius 1 is 1.44 bits per heavy atom. The fraction of sp³-hybridized carbons (Fsp3) is 0.250. The number of hydrogen-bond acceptors (Lipinski definition) is 3. The highest BCUT2D eigenvalue weighted by Gasteiger charge is 2.07. The molecule has 0 radical (unpaired) electrons. The normalized spacial score (nSPS) is 10.4. The second kappa shape index (κ2) is 4.26. The molecule has 4 heteroatoms. The number of aromatic nitrogens is 2. The van der Waals surface area contributed by atoms with Gasteiger partial charge in [0.15, 0.2) is 0 Å². The van der Waals surface area contributed by atoms with E-state index < -0.39 is 0 Å². The number of nitrogens with zero attached hydrogens (tertiary/aromatic N) is 2. The van der Waals surface area contributed by atoms with Gasteiger partial charge in [-0.25, -0.2) is 4.68 Å². The van der Waals surface area contributed by atoms with Crippen LogP contribution in [0.5, 0.6) is 5.75 Å². The predicted octanol–water partition coefficient (Wildman–Crippen LogP) is 2.16. The number of nitrogens with two attached hydrogens (primary N) is 1. The van der Waals surface area contributed by atoms with Crippen LogP contribution < -0.4 is 10.5 Å². The van der Waals surface area contributed by atoms with E-state index in [0.29, 0.717) is 18.0 Å². The SMILES string of the molecule is CCOc1cccc(-n2cc(C)cn2)c1N. The molecule has 0 fully saturated rings. The number of rotatable bonds is 3. The molecule has 0 aliphatic rings. The van der Waals surface area contributed by atoms with Gasteiger partial charge < -0.3 is 10.5 Å². The summed E-state index contributed by atoms with van der Waals surface area (Å²) in [4.78, 5) is 0. The summed E-state index contributed by atoms with van der Waals surface area (Å²) in [6.45, 7) is 4.53. The minimum atomic E-state index is 0.603. The van der Waals surface area contributed by atoms with E-state index in [1.165, 1.54) is 0 Å². The molecule has 0 saturated heterocycles. The Morgan fingerprint density at radius 3 is 2.88 bits per heavy atom. The molecule has 84 valence electrons. The van der Waals surface area contributed by atoms with Crippen LogP contribution in [0.25, 0.3) is 5.69 Å². The topological polar surface area (TPSA) is 53.1 Å². The number of para-hydroxylation sites is 1. The summed E-state index contributed by atoms with van der Waals surface area (Å²) < 4.78 is 7.20. The van der Waals surface area contributed by atoms with Gasteiger partial charge in [-0.1, -0.05) is 6.07 Å². The van der Waals surface area contributed by atoms with Crippen molar-refractivity contribution in [2.24, 2.45) is 0 Å². The lowest BCUT2D eigenvalue weighted by molar-refractivity contribution is 0.342. The number of nitrogen functional groups attached to an aromatic ring is 1. The zero-order valence-electron chi connectivity index (χ0n) is 9.47. The molecule has 0 spiro atoms. The summed E-state index contributed by atoms with van der Waals surface area (Å²) in [5, 5.41) is 4.23. The van der Waals surface area contributed by atoms with Crippen molar-refractivity contribution in [1.82, 2.24) is 9.78 Å². The van der Waals surface area contributed by atoms with E-state index in [4.69, 9.17) is 10.5 Å². The van der Waals surface area contributed by atoms with Gasteiger partial charge in [0.05, 0.1) is 18.5 Å². The third kappa shape index (κ3) is 1.86. The van der Waals surface area contributed by atoms with Gasteiger partial charge in [-0.05, 0) is 31.5 Å². The van der Waals surface area contributed by atoms with Gasteiger partial charge >= 0.3 is 0 Å². The average Bonchev–Trinajstić information content (AvgIpc) is 2.68. The Hall–Kier alpha value is -1.97. The van der Waals surface area contributed by atoms with E-state index in [-0.39, 0.29) is 0 Å². The van der Waals surface area contributed by atoms with Crippen LogP contribution in [0.1, 0.15) is 12.5 Å². The summed E-state index contributed by atoms with van der Waals surface area (Å²) in [5.41, 5.74) is 8.59. The van der Waals surface area contributed by atoms with Crippen LogP contribution in [0, 0.1) is 6.92 Å². The van der Waals surface area contributed by atoms with Gasteiger partial charge in [-0.15, -0.1) is 0 Å². The van der Waals surface area contributed by atoms with Crippen molar-refractivity contribution in [2.45, 2.75) is 13.8 Å². The summed E-state index contributed by atoms with van der Waals surface area (Å²) in [5.74, 6) is 0.702. The molecule has 2 N–H and O–H groups in total. The molecular formula is C12H15N3O. The van der Waals surface area contributed by atoms with Gasteiger partial charge in [0, 0.05) is 6.20 Å². The van der Waals surface area contributed by atoms with E-state index in [9.17, 15) is 0 Å². The fourth-order valence-corrected chi connectivity index (χ4v) is 1.56. The van der Waals surface area contributed by atoms with Gasteiger partial charge in [-0.3, -0.25) is 0 Å². The third-order valence-corrected chi connectivity index (χ3v) is 2.30. The van der Waals surface area contributed by atoms with Crippen LogP contribution in [0.3, 0.4) is 0 Å². The Balaban J connectivity index is 2.45. The number of aryl methyl sites for hydroxylation is 1. The summed E-state index contributed by atoms with van der Waals surface area (Å²) in [7, 11) is 0. The standard InChI is InChI=1S/C12H15N3O/c1-3-16-11-6-4-5-10(12(11)13)15-8-9(2)7-14-15/h4-8H,3,13H2,1-2H3. The van der Waals surface area contributed by atoms with Crippen LogP contribution in [-0.2, 0) is 0 Å². The van der Waals surface area contributed by atoms with Crippen molar-refractivity contribution < 1.29 is 4.74 Å². The molecule has 1 heterocycles. The van der Waals surface area contributed by atoms with Crippen LogP contribution in [0.4, 0.5) is 5.69 Å². The van der Waals surface area contributed by atoms with Crippen molar-refractivity contribution in [3.05, 3.63) is 36.2 Å². The highest BCUT2D eigenvalue weighted by molar-refractivity contribution is 5.66. The molecule has 0 aliphatic carbocycles. The Morgan fingerprint density at radius 2 is 2.25 bits per heavy atom. The number of hydrogen-bond donors (Lipinski definition) is 1. The molecule has 0 unspecified atom stereocenters. The smallest absolute Gasteiger partial charge is 0.144 e. The lowest BCUT2D eigenvalue weighted by Crippen LogP contribution is -2.03. The van der Waals surface area contributed by atoms with Crippen molar-refractivity contribution in [1.29, 1.82) is 0 Å². The predicted molar refractivity (Wildman–Crippen MR) is 63.9 cm³/mol. The molecule has 2 aromatic rings. The van der Waals surface area contributed by atoms with Crippen LogP contribution >= 0.6 is 0 Å². The molecule has 0 atom stereocenters. The van der Waals surface area contributed by atoms with E-state index >= 15 is 0 Å². The first-order valence-corrected chi connectivity index (χ1v) is 5.25. The minimum absolute atomic E-state index is 0.603. The van der Waals surface area contributed by atoms with Gasteiger partial charge in [-0.2, -0.15) is 5.10 Å². The van der Waals surface area contributed by atoms with Crippen molar-refractivity contribution in [3.63, 3.8) is 0 Å². The van der Waals surface area contributed by atoms with Crippen molar-refractivity contribution in [2.75, 3.05) is 12.3 Å². The zero-order valence-corrected chi connectivity index (χ0v) is 9.47. The fourth-order valence-electron chi connectivity index (χ4n) is 1.56. The van der Waals surface area contributed by atoms with E-state index in [0.717, 1.165) is 11.3 Å². The molecule has 0 saturated carbocycles. The Bertz CT molecular complexity index is 491. The van der Waals surface area contributed by atoms with E-state index in [2.05, 4.69) is 5.10 Å². The largest absolute Gasteiger partial charge is 0.492 e. The molecule has 1 aromatic carbocycles. The minimum Gasteiger partial charge on any atom is -0.492 e. The van der Waals surface area contributed by atoms with Crippen LogP contribution in [-0.4, -0.2) is 16.4 Å². The number of ether oxygens (including phenoxy) is 1. The van der Waals surface area contributed by atoms with E-state index in [1.807, 2.05) is 38.2 Å². The van der Waals surface area contributed by atoms with Crippen molar-refractivity contribution in [3.8, 4) is 11.4 Å². The molecule has 1 aromatic heterocycles. The molecule has 0 amide bonds. The second-order valence-electron chi connectivity index (χ2n) is 3.58. The first kappa shape index (κ1) is 10.5. The van der Waals surface area contributed by atoms with Gasteiger partial charge in [0.1, 0.15) is 11.4 Å². The maximum atomic E-state index is 6.02. The molecular weight excluding hydrogens is 202 g/mol. The number of benzene rings is 1. The molecule has 16 heavy (non-hydrogen) atoms. The number of anilines is 1. The molecule has 2 rings (SSSR count). The Kier molecular flexibility index (Phi) is 2.81. The average molecular weight is 217 g/mol. The van der Waals surface area contributed by atoms with E-state index in [1.54, 1.807) is 10.9 Å². The monoisotopic (exact) mass is 217 g/mol. The van der Waals surface area contributed by atoms with Gasteiger partial charge in [0.2, 0.25) is 0 Å². The molecule has 0 aliphatic heterocycles. The van der Waals surface area contributed by atoms with Crippen molar-refractivity contribution >= 4 is 5.69 Å². The maximum Gasteiger partial charge on any atom is 0.144 e. The first-order chi connectivity index (χ1) is 7.72. The van der Waals surface area contributed by atoms with Gasteiger partial charge in [0.25, 0.3) is 0 Å². The first-order valence-electron chi connectivity index (χ1n) is 5.25. The second-order valence-corrected chi connectivity index (χ2v) is 3.58. The quantitative estimate of drug-likeness (QED) is 0.801. The maximum absolute atomic E-state index is 6.02. The lowest BCUT2D eigenvalue weighted by atomic mass is 10.2. The summed E-state index contributed by atoms with van der Waals surface area (Å²) in [6.07, 6.45) is 3.73.